The van der Waals surface area contributed by atoms with Crippen LogP contribution in [0.15, 0.2) is 29.7 Å². The zero-order valence-electron chi connectivity index (χ0n) is 13.7. The van der Waals surface area contributed by atoms with Gasteiger partial charge in [-0.15, -0.1) is 5.10 Å². The Morgan fingerprint density at radius 1 is 1.38 bits per heavy atom. The first-order valence-corrected chi connectivity index (χ1v) is 7.51. The molecule has 1 aromatic carbocycles. The average Bonchev–Trinajstić information content (AvgIpc) is 3.02. The molecule has 1 aromatic heterocycles. The summed E-state index contributed by atoms with van der Waals surface area (Å²) < 4.78 is 16.3. The summed E-state index contributed by atoms with van der Waals surface area (Å²) in [5.41, 5.74) is 8.74. The summed E-state index contributed by atoms with van der Waals surface area (Å²) in [7, 11) is 3.17. The highest BCUT2D eigenvalue weighted by atomic mass is 16.5. The van der Waals surface area contributed by atoms with Crippen molar-refractivity contribution in [1.82, 2.24) is 10.2 Å². The van der Waals surface area contributed by atoms with Gasteiger partial charge in [-0.2, -0.15) is 5.26 Å². The van der Waals surface area contributed by atoms with Crippen LogP contribution in [0.5, 0.6) is 17.4 Å². The molecule has 0 spiro atoms. The highest BCUT2D eigenvalue weighted by molar-refractivity contribution is 5.59. The minimum Gasteiger partial charge on any atom is -0.497 e. The van der Waals surface area contributed by atoms with Crippen molar-refractivity contribution in [2.24, 2.45) is 5.73 Å². The number of benzene rings is 1. The Hall–Kier alpha value is -3.14. The van der Waals surface area contributed by atoms with Crippen LogP contribution in [0, 0.1) is 11.3 Å². The van der Waals surface area contributed by atoms with Crippen molar-refractivity contribution in [2.75, 3.05) is 14.2 Å². The first-order valence-electron chi connectivity index (χ1n) is 7.51. The monoisotopic (exact) mass is 326 g/mol. The number of hydrogen-bond donors (Lipinski definition) is 2. The molecule has 7 nitrogen and oxygen atoms in total. The molecule has 3 rings (SSSR count). The number of aromatic amines is 1. The van der Waals surface area contributed by atoms with Gasteiger partial charge in [-0.1, -0.05) is 6.92 Å². The molecule has 0 radical (unpaired) electrons. The average molecular weight is 326 g/mol. The fraction of sp³-hybridized carbons (Fsp3) is 0.294. The second-order valence-corrected chi connectivity index (χ2v) is 5.31. The lowest BCUT2D eigenvalue weighted by Crippen LogP contribution is -2.21. The number of nitrogens with two attached hydrogens (primary N) is 1. The molecule has 3 N–H and O–H groups in total. The van der Waals surface area contributed by atoms with Gasteiger partial charge in [0.1, 0.15) is 23.1 Å². The van der Waals surface area contributed by atoms with E-state index in [4.69, 9.17) is 19.9 Å². The molecule has 1 aliphatic rings. The highest BCUT2D eigenvalue weighted by Gasteiger charge is 2.36. The molecule has 2 heterocycles. The van der Waals surface area contributed by atoms with Crippen molar-refractivity contribution in [3.63, 3.8) is 0 Å². The van der Waals surface area contributed by atoms with Crippen LogP contribution in [-0.2, 0) is 6.42 Å². The van der Waals surface area contributed by atoms with E-state index in [1.54, 1.807) is 26.4 Å². The van der Waals surface area contributed by atoms with Crippen LogP contribution in [-0.4, -0.2) is 24.4 Å². The van der Waals surface area contributed by atoms with Crippen LogP contribution in [0.4, 0.5) is 0 Å². The minimum atomic E-state index is -0.433. The standard InChI is InChI=1S/C17H18N4O3/c1-4-12-15-14(10-7-9(22-2)5-6-13(10)23-3)11(8-18)16(19)24-17(15)21-20-12/h5-7,14H,4,19H2,1-3H3,(H,20,21)/t14-/m0/s1. The number of fused-ring (bicyclic) bond motifs is 1. The zero-order valence-corrected chi connectivity index (χ0v) is 13.7. The third-order valence-electron chi connectivity index (χ3n) is 4.12. The Balaban J connectivity index is 2.29. The molecule has 124 valence electrons. The molecule has 2 aromatic rings. The summed E-state index contributed by atoms with van der Waals surface area (Å²) in [6, 6.07) is 7.62. The van der Waals surface area contributed by atoms with Gasteiger partial charge >= 0.3 is 0 Å². The first kappa shape index (κ1) is 15.7. The fourth-order valence-corrected chi connectivity index (χ4v) is 2.95. The van der Waals surface area contributed by atoms with Gasteiger partial charge in [0.05, 0.1) is 25.7 Å². The second-order valence-electron chi connectivity index (χ2n) is 5.31. The number of aromatic nitrogens is 2. The number of aryl methyl sites for hydroxylation is 1. The number of rotatable bonds is 4. The number of H-pyrrole nitrogens is 1. The number of hydrogen-bond acceptors (Lipinski definition) is 6. The van der Waals surface area contributed by atoms with Crippen LogP contribution in [0.2, 0.25) is 0 Å². The Bertz CT molecular complexity index is 848. The van der Waals surface area contributed by atoms with Crippen LogP contribution in [0.1, 0.15) is 29.7 Å². The van der Waals surface area contributed by atoms with Crippen molar-refractivity contribution in [1.29, 1.82) is 5.26 Å². The third kappa shape index (κ3) is 2.33. The zero-order chi connectivity index (χ0) is 17.3. The molecule has 1 aliphatic heterocycles. The summed E-state index contributed by atoms with van der Waals surface area (Å²) in [6.07, 6.45) is 0.715. The van der Waals surface area contributed by atoms with Crippen LogP contribution < -0.4 is 19.9 Å². The lowest BCUT2D eigenvalue weighted by molar-refractivity contribution is 0.373. The van der Waals surface area contributed by atoms with Crippen molar-refractivity contribution in [3.8, 4) is 23.4 Å². The largest absolute Gasteiger partial charge is 0.497 e. The van der Waals surface area contributed by atoms with E-state index in [0.29, 0.717) is 29.4 Å². The maximum absolute atomic E-state index is 9.64. The summed E-state index contributed by atoms with van der Waals surface area (Å²) in [4.78, 5) is 0. The first-order chi connectivity index (χ1) is 11.6. The second kappa shape index (κ2) is 6.16. The molecular formula is C17H18N4O3. The van der Waals surface area contributed by atoms with Crippen molar-refractivity contribution in [2.45, 2.75) is 19.3 Å². The summed E-state index contributed by atoms with van der Waals surface area (Å²) >= 11 is 0. The van der Waals surface area contributed by atoms with Gasteiger partial charge in [-0.3, -0.25) is 5.10 Å². The number of nitrogens with one attached hydrogen (secondary N) is 1. The molecule has 0 saturated carbocycles. The van der Waals surface area contributed by atoms with E-state index >= 15 is 0 Å². The quantitative estimate of drug-likeness (QED) is 0.892. The van der Waals surface area contributed by atoms with E-state index < -0.39 is 5.92 Å². The van der Waals surface area contributed by atoms with Crippen LogP contribution in [0.3, 0.4) is 0 Å². The van der Waals surface area contributed by atoms with E-state index in [0.717, 1.165) is 16.8 Å². The number of nitriles is 1. The highest BCUT2D eigenvalue weighted by Crippen LogP contribution is 2.46. The fourth-order valence-electron chi connectivity index (χ4n) is 2.95. The van der Waals surface area contributed by atoms with Gasteiger partial charge in [0, 0.05) is 11.3 Å². The van der Waals surface area contributed by atoms with E-state index in [-0.39, 0.29) is 5.88 Å². The Morgan fingerprint density at radius 2 is 2.17 bits per heavy atom. The molecule has 0 unspecified atom stereocenters. The lowest BCUT2D eigenvalue weighted by Gasteiger charge is -2.25. The lowest BCUT2D eigenvalue weighted by atomic mass is 9.83. The SMILES string of the molecule is CCc1[nH]nc2c1[C@@H](c1cc(OC)ccc1OC)C(C#N)=C(N)O2. The van der Waals surface area contributed by atoms with Crippen molar-refractivity contribution in [3.05, 3.63) is 46.5 Å². The molecule has 0 bridgehead atoms. The van der Waals surface area contributed by atoms with Gasteiger partial charge in [-0.05, 0) is 24.6 Å². The third-order valence-corrected chi connectivity index (χ3v) is 4.12. The van der Waals surface area contributed by atoms with Gasteiger partial charge in [0.25, 0.3) is 0 Å². The molecule has 24 heavy (non-hydrogen) atoms. The van der Waals surface area contributed by atoms with Gasteiger partial charge in [0.2, 0.25) is 11.8 Å². The molecule has 0 fully saturated rings. The number of nitrogens with zero attached hydrogens (tertiary/aromatic N) is 2. The smallest absolute Gasteiger partial charge is 0.244 e. The molecule has 0 aliphatic carbocycles. The number of methoxy groups -OCH3 is 2. The van der Waals surface area contributed by atoms with Gasteiger partial charge in [-0.25, -0.2) is 0 Å². The van der Waals surface area contributed by atoms with E-state index in [9.17, 15) is 5.26 Å². The van der Waals surface area contributed by atoms with Gasteiger partial charge < -0.3 is 19.9 Å². The molecular weight excluding hydrogens is 308 g/mol. The van der Waals surface area contributed by atoms with E-state index in [1.807, 2.05) is 13.0 Å². The number of ether oxygens (including phenoxy) is 3. The molecule has 0 saturated heterocycles. The van der Waals surface area contributed by atoms with Crippen molar-refractivity contribution < 1.29 is 14.2 Å². The maximum Gasteiger partial charge on any atom is 0.244 e. The molecule has 7 heteroatoms. The summed E-state index contributed by atoms with van der Waals surface area (Å²) in [5.74, 6) is 1.30. The Labute approximate surface area is 139 Å². The summed E-state index contributed by atoms with van der Waals surface area (Å²) in [5, 5.41) is 16.8. The summed E-state index contributed by atoms with van der Waals surface area (Å²) in [6.45, 7) is 2.00. The van der Waals surface area contributed by atoms with E-state index in [1.165, 1.54) is 0 Å². The van der Waals surface area contributed by atoms with Crippen LogP contribution >= 0.6 is 0 Å². The van der Waals surface area contributed by atoms with E-state index in [2.05, 4.69) is 16.3 Å². The Kier molecular flexibility index (Phi) is 4.04. The minimum absolute atomic E-state index is 0.0500. The Morgan fingerprint density at radius 3 is 2.79 bits per heavy atom. The molecule has 0 amide bonds. The predicted octanol–water partition coefficient (Wildman–Crippen LogP) is 2.21. The molecule has 1 atom stereocenters. The number of allylic oxidation sites excluding steroid dienone is 1. The van der Waals surface area contributed by atoms with Crippen LogP contribution in [0.25, 0.3) is 0 Å². The maximum atomic E-state index is 9.64. The van der Waals surface area contributed by atoms with Crippen molar-refractivity contribution >= 4 is 0 Å². The normalized spacial score (nSPS) is 16.2. The topological polar surface area (TPSA) is 106 Å². The predicted molar refractivity (Wildman–Crippen MR) is 86.8 cm³/mol. The van der Waals surface area contributed by atoms with Gasteiger partial charge in [0.15, 0.2) is 0 Å².